The van der Waals surface area contributed by atoms with Crippen LogP contribution in [0, 0.1) is 0 Å². The molecule has 2 atom stereocenters. The zero-order valence-corrected chi connectivity index (χ0v) is 14.7. The molecule has 0 fully saturated rings. The molecule has 2 amide bonds. The number of thiazole rings is 1. The SMILES string of the molecule is CCCCC(C(=O)NO)N1C(=O)C(O)=C(CCC)C1c1nccs1. The van der Waals surface area contributed by atoms with Gasteiger partial charge in [0.25, 0.3) is 11.8 Å². The van der Waals surface area contributed by atoms with Gasteiger partial charge in [-0.25, -0.2) is 10.5 Å². The van der Waals surface area contributed by atoms with E-state index in [-0.39, 0.29) is 5.76 Å². The molecule has 132 valence electrons. The van der Waals surface area contributed by atoms with Crippen LogP contribution in [-0.4, -0.2) is 38.1 Å². The maximum atomic E-state index is 12.7. The quantitative estimate of drug-likeness (QED) is 0.492. The first-order chi connectivity index (χ1) is 11.6. The number of amides is 2. The number of aliphatic hydroxyl groups is 1. The van der Waals surface area contributed by atoms with E-state index in [9.17, 15) is 14.7 Å². The van der Waals surface area contributed by atoms with Crippen LogP contribution < -0.4 is 5.48 Å². The Morgan fingerprint density at radius 1 is 1.46 bits per heavy atom. The van der Waals surface area contributed by atoms with Crippen molar-refractivity contribution in [1.29, 1.82) is 0 Å². The predicted octanol–water partition coefficient (Wildman–Crippen LogP) is 2.70. The molecule has 0 aromatic carbocycles. The lowest BCUT2D eigenvalue weighted by Gasteiger charge is -2.32. The van der Waals surface area contributed by atoms with Gasteiger partial charge in [0, 0.05) is 17.2 Å². The van der Waals surface area contributed by atoms with E-state index >= 15 is 0 Å². The highest BCUT2D eigenvalue weighted by Crippen LogP contribution is 2.42. The highest BCUT2D eigenvalue weighted by Gasteiger charge is 2.46. The van der Waals surface area contributed by atoms with Crippen LogP contribution in [-0.2, 0) is 9.59 Å². The first-order valence-electron chi connectivity index (χ1n) is 8.14. The second-order valence-electron chi connectivity index (χ2n) is 5.74. The molecule has 1 aromatic rings. The molecular formula is C16H23N3O4S. The van der Waals surface area contributed by atoms with Gasteiger partial charge in [0.1, 0.15) is 17.1 Å². The van der Waals surface area contributed by atoms with Crippen molar-refractivity contribution in [1.82, 2.24) is 15.4 Å². The standard InChI is InChI=1S/C16H23N3O4S/c1-3-5-7-11(14(21)18-23)19-12(15-17-8-9-24-15)10(6-4-2)13(20)16(19)22/h8-9,11-12,20,23H,3-7H2,1-2H3,(H,18,21). The maximum absolute atomic E-state index is 12.7. The second-order valence-corrected chi connectivity index (χ2v) is 6.67. The van der Waals surface area contributed by atoms with Crippen LogP contribution in [0.2, 0.25) is 0 Å². The summed E-state index contributed by atoms with van der Waals surface area (Å²) in [6.07, 6.45) is 4.91. The summed E-state index contributed by atoms with van der Waals surface area (Å²) >= 11 is 1.37. The number of nitrogens with one attached hydrogen (secondary N) is 1. The molecule has 8 heteroatoms. The molecule has 1 aromatic heterocycles. The minimum atomic E-state index is -0.854. The van der Waals surface area contributed by atoms with Gasteiger partial charge in [-0.05, 0) is 12.8 Å². The van der Waals surface area contributed by atoms with Gasteiger partial charge in [-0.2, -0.15) is 0 Å². The van der Waals surface area contributed by atoms with Crippen molar-refractivity contribution in [2.75, 3.05) is 0 Å². The minimum absolute atomic E-state index is 0.302. The molecule has 24 heavy (non-hydrogen) atoms. The molecule has 0 aliphatic carbocycles. The summed E-state index contributed by atoms with van der Waals surface area (Å²) in [7, 11) is 0. The molecule has 0 spiro atoms. The Kier molecular flexibility index (Phi) is 6.33. The number of rotatable bonds is 8. The molecule has 3 N–H and O–H groups in total. The fourth-order valence-corrected chi connectivity index (χ4v) is 3.79. The topological polar surface area (TPSA) is 103 Å². The third-order valence-electron chi connectivity index (χ3n) is 4.13. The van der Waals surface area contributed by atoms with Crippen LogP contribution in [0.15, 0.2) is 22.9 Å². The van der Waals surface area contributed by atoms with Crippen molar-refractivity contribution in [3.8, 4) is 0 Å². The highest BCUT2D eigenvalue weighted by atomic mass is 32.1. The van der Waals surface area contributed by atoms with Crippen LogP contribution >= 0.6 is 11.3 Å². The van der Waals surface area contributed by atoms with Gasteiger partial charge >= 0.3 is 0 Å². The molecule has 1 aliphatic rings. The summed E-state index contributed by atoms with van der Waals surface area (Å²) in [5.74, 6) is -1.53. The number of aliphatic hydroxyl groups excluding tert-OH is 1. The van der Waals surface area contributed by atoms with Gasteiger partial charge in [0.15, 0.2) is 5.76 Å². The van der Waals surface area contributed by atoms with Gasteiger partial charge in [0.05, 0.1) is 0 Å². The number of carbonyl (C=O) groups excluding carboxylic acids is 2. The number of hydroxylamine groups is 1. The van der Waals surface area contributed by atoms with Crippen molar-refractivity contribution < 1.29 is 19.9 Å². The molecule has 0 radical (unpaired) electrons. The molecule has 0 saturated carbocycles. The Bertz CT molecular complexity index is 615. The Labute approximate surface area is 145 Å². The van der Waals surface area contributed by atoms with Crippen molar-refractivity contribution >= 4 is 23.2 Å². The van der Waals surface area contributed by atoms with Gasteiger partial charge in [-0.3, -0.25) is 14.8 Å². The monoisotopic (exact) mass is 353 g/mol. The number of nitrogens with zero attached hydrogens (tertiary/aromatic N) is 2. The van der Waals surface area contributed by atoms with Crippen LogP contribution in [0.25, 0.3) is 0 Å². The maximum Gasteiger partial charge on any atom is 0.290 e. The Morgan fingerprint density at radius 2 is 2.21 bits per heavy atom. The van der Waals surface area contributed by atoms with Gasteiger partial charge in [-0.1, -0.05) is 33.1 Å². The van der Waals surface area contributed by atoms with Crippen LogP contribution in [0.4, 0.5) is 0 Å². The first kappa shape index (κ1) is 18.4. The molecule has 7 nitrogen and oxygen atoms in total. The molecular weight excluding hydrogens is 330 g/mol. The summed E-state index contributed by atoms with van der Waals surface area (Å²) in [4.78, 5) is 30.5. The lowest BCUT2D eigenvalue weighted by molar-refractivity contribution is -0.144. The molecule has 0 saturated heterocycles. The van der Waals surface area contributed by atoms with E-state index in [0.29, 0.717) is 23.4 Å². The zero-order chi connectivity index (χ0) is 17.7. The number of unbranched alkanes of at least 4 members (excludes halogenated alkanes) is 1. The van der Waals surface area contributed by atoms with E-state index in [2.05, 4.69) is 4.98 Å². The summed E-state index contributed by atoms with van der Waals surface area (Å²) in [6, 6.07) is -1.41. The number of hydrogen-bond acceptors (Lipinski definition) is 6. The average molecular weight is 353 g/mol. The van der Waals surface area contributed by atoms with Crippen LogP contribution in [0.1, 0.15) is 57.0 Å². The predicted molar refractivity (Wildman–Crippen MR) is 89.5 cm³/mol. The number of hydrogen-bond donors (Lipinski definition) is 3. The molecule has 2 rings (SSSR count). The van der Waals surface area contributed by atoms with E-state index in [1.165, 1.54) is 16.2 Å². The zero-order valence-electron chi connectivity index (χ0n) is 13.9. The van der Waals surface area contributed by atoms with E-state index < -0.39 is 23.9 Å². The van der Waals surface area contributed by atoms with Crippen molar-refractivity contribution in [3.63, 3.8) is 0 Å². The lowest BCUT2D eigenvalue weighted by atomic mass is 10.0. The minimum Gasteiger partial charge on any atom is -0.503 e. The molecule has 0 bridgehead atoms. The molecule has 1 aliphatic heterocycles. The fraction of sp³-hybridized carbons (Fsp3) is 0.562. The number of aromatic nitrogens is 1. The van der Waals surface area contributed by atoms with Crippen molar-refractivity contribution in [2.24, 2.45) is 0 Å². The first-order valence-corrected chi connectivity index (χ1v) is 9.02. The van der Waals surface area contributed by atoms with E-state index in [4.69, 9.17) is 5.21 Å². The fourth-order valence-electron chi connectivity index (χ4n) is 3.03. The normalized spacial score (nSPS) is 19.0. The summed E-state index contributed by atoms with van der Waals surface area (Å²) in [5, 5.41) is 21.9. The van der Waals surface area contributed by atoms with Crippen molar-refractivity contribution in [2.45, 2.75) is 58.0 Å². The summed E-state index contributed by atoms with van der Waals surface area (Å²) in [5.41, 5.74) is 2.24. The van der Waals surface area contributed by atoms with Crippen LogP contribution in [0.3, 0.4) is 0 Å². The summed E-state index contributed by atoms with van der Waals surface area (Å²) in [6.45, 7) is 3.94. The second kappa shape index (κ2) is 8.25. The van der Waals surface area contributed by atoms with E-state index in [1.54, 1.807) is 17.1 Å². The van der Waals surface area contributed by atoms with Crippen LogP contribution in [0.5, 0.6) is 0 Å². The molecule has 2 heterocycles. The van der Waals surface area contributed by atoms with Gasteiger partial charge in [0.2, 0.25) is 0 Å². The third kappa shape index (κ3) is 3.44. The largest absolute Gasteiger partial charge is 0.503 e. The summed E-state index contributed by atoms with van der Waals surface area (Å²) < 4.78 is 0. The Morgan fingerprint density at radius 3 is 2.75 bits per heavy atom. The Hall–Kier alpha value is -1.93. The van der Waals surface area contributed by atoms with E-state index in [0.717, 1.165) is 19.3 Å². The highest BCUT2D eigenvalue weighted by molar-refractivity contribution is 7.09. The lowest BCUT2D eigenvalue weighted by Crippen LogP contribution is -2.48. The smallest absolute Gasteiger partial charge is 0.290 e. The molecule has 2 unspecified atom stereocenters. The van der Waals surface area contributed by atoms with Gasteiger partial charge in [-0.15, -0.1) is 11.3 Å². The average Bonchev–Trinajstić information content (AvgIpc) is 3.18. The Balaban J connectivity index is 2.45. The van der Waals surface area contributed by atoms with Gasteiger partial charge < -0.3 is 10.0 Å². The van der Waals surface area contributed by atoms with Crippen molar-refractivity contribution in [3.05, 3.63) is 27.9 Å². The number of carbonyl (C=O) groups is 2. The van der Waals surface area contributed by atoms with E-state index in [1.807, 2.05) is 13.8 Å². The third-order valence-corrected chi connectivity index (χ3v) is 4.96.